The number of aromatic nitrogens is 5. The van der Waals surface area contributed by atoms with Gasteiger partial charge in [-0.25, -0.2) is 14.5 Å². The summed E-state index contributed by atoms with van der Waals surface area (Å²) in [7, 11) is 6.14. The van der Waals surface area contributed by atoms with Crippen molar-refractivity contribution in [3.8, 4) is 11.4 Å². The molecule has 3 rings (SSSR count). The molecule has 9 nitrogen and oxygen atoms in total. The zero-order chi connectivity index (χ0) is 22.1. The van der Waals surface area contributed by atoms with Crippen molar-refractivity contribution in [3.05, 3.63) is 18.2 Å². The maximum Gasteiger partial charge on any atom is 0.407 e. The highest BCUT2D eigenvalue weighted by Gasteiger charge is 2.32. The van der Waals surface area contributed by atoms with Crippen molar-refractivity contribution in [1.82, 2.24) is 34.8 Å². The second-order valence-electron chi connectivity index (χ2n) is 9.50. The summed E-state index contributed by atoms with van der Waals surface area (Å²) in [6.07, 6.45) is 6.58. The van der Waals surface area contributed by atoms with Crippen LogP contribution in [0.3, 0.4) is 0 Å². The standard InChI is InChI=1S/C21H35N7O2/c1-14(11-22-20(29)30-21(2,3)4)28-19(15-8-9-17(10-15)26(5)6)24-18(25-28)16-12-23-27(7)13-16/h12-15,17H,8-11H2,1-7H3,(H,22,29)/t14?,15-,17+/m1/s1. The van der Waals surface area contributed by atoms with E-state index >= 15 is 0 Å². The minimum absolute atomic E-state index is 0.0520. The summed E-state index contributed by atoms with van der Waals surface area (Å²) in [5.41, 5.74) is 0.372. The van der Waals surface area contributed by atoms with Gasteiger partial charge >= 0.3 is 6.09 Å². The van der Waals surface area contributed by atoms with Gasteiger partial charge in [0.25, 0.3) is 0 Å². The maximum absolute atomic E-state index is 12.1. The topological polar surface area (TPSA) is 90.1 Å². The summed E-state index contributed by atoms with van der Waals surface area (Å²) in [6.45, 7) is 8.02. The van der Waals surface area contributed by atoms with Crippen molar-refractivity contribution < 1.29 is 9.53 Å². The zero-order valence-electron chi connectivity index (χ0n) is 19.2. The summed E-state index contributed by atoms with van der Waals surface area (Å²) in [5.74, 6) is 2.01. The van der Waals surface area contributed by atoms with E-state index in [1.54, 1.807) is 10.9 Å². The van der Waals surface area contributed by atoms with Gasteiger partial charge in [0.1, 0.15) is 11.4 Å². The van der Waals surface area contributed by atoms with E-state index < -0.39 is 11.7 Å². The summed E-state index contributed by atoms with van der Waals surface area (Å²) >= 11 is 0. The van der Waals surface area contributed by atoms with Crippen LogP contribution >= 0.6 is 0 Å². The second-order valence-corrected chi connectivity index (χ2v) is 9.50. The number of ether oxygens (including phenoxy) is 1. The van der Waals surface area contributed by atoms with Gasteiger partial charge in [-0.15, -0.1) is 0 Å². The van der Waals surface area contributed by atoms with Crippen LogP contribution in [0.4, 0.5) is 4.79 Å². The molecule has 0 aliphatic heterocycles. The molecule has 9 heteroatoms. The van der Waals surface area contributed by atoms with Gasteiger partial charge in [-0.3, -0.25) is 4.68 Å². The molecule has 0 spiro atoms. The van der Waals surface area contributed by atoms with E-state index in [0.29, 0.717) is 24.3 Å². The van der Waals surface area contributed by atoms with Crippen molar-refractivity contribution in [1.29, 1.82) is 0 Å². The Hall–Kier alpha value is -2.42. The number of hydrogen-bond acceptors (Lipinski definition) is 6. The molecule has 0 aromatic carbocycles. The molecule has 2 heterocycles. The van der Waals surface area contributed by atoms with E-state index in [0.717, 1.165) is 30.7 Å². The molecule has 1 amide bonds. The Labute approximate surface area is 178 Å². The van der Waals surface area contributed by atoms with Crippen LogP contribution in [0, 0.1) is 0 Å². The number of amides is 1. The van der Waals surface area contributed by atoms with E-state index in [2.05, 4.69) is 29.4 Å². The largest absolute Gasteiger partial charge is 0.444 e. The average molecular weight is 418 g/mol. The Kier molecular flexibility index (Phi) is 6.50. The van der Waals surface area contributed by atoms with Gasteiger partial charge in [0, 0.05) is 31.7 Å². The van der Waals surface area contributed by atoms with Crippen LogP contribution in [0.5, 0.6) is 0 Å². The molecule has 1 unspecified atom stereocenters. The fourth-order valence-electron chi connectivity index (χ4n) is 3.89. The minimum Gasteiger partial charge on any atom is -0.444 e. The minimum atomic E-state index is -0.524. The maximum atomic E-state index is 12.1. The molecule has 30 heavy (non-hydrogen) atoms. The summed E-state index contributed by atoms with van der Waals surface area (Å²) in [4.78, 5) is 19.3. The van der Waals surface area contributed by atoms with E-state index in [-0.39, 0.29) is 6.04 Å². The number of carbonyl (C=O) groups excluding carboxylic acids is 1. The van der Waals surface area contributed by atoms with Crippen molar-refractivity contribution in [2.45, 2.75) is 70.6 Å². The van der Waals surface area contributed by atoms with Crippen LogP contribution in [0.15, 0.2) is 12.4 Å². The van der Waals surface area contributed by atoms with Crippen molar-refractivity contribution in [3.63, 3.8) is 0 Å². The third kappa shape index (κ3) is 5.38. The number of aryl methyl sites for hydroxylation is 1. The number of nitrogens with zero attached hydrogens (tertiary/aromatic N) is 6. The van der Waals surface area contributed by atoms with Gasteiger partial charge in [0.05, 0.1) is 17.8 Å². The third-order valence-electron chi connectivity index (χ3n) is 5.48. The molecule has 1 fully saturated rings. The van der Waals surface area contributed by atoms with Gasteiger partial charge < -0.3 is 15.0 Å². The molecule has 1 N–H and O–H groups in total. The van der Waals surface area contributed by atoms with Gasteiger partial charge in [0.15, 0.2) is 5.82 Å². The molecule has 1 aliphatic rings. The Balaban J connectivity index is 1.80. The summed E-state index contributed by atoms with van der Waals surface area (Å²) in [5, 5.41) is 11.9. The van der Waals surface area contributed by atoms with Crippen LogP contribution in [0.2, 0.25) is 0 Å². The second kappa shape index (κ2) is 8.75. The van der Waals surface area contributed by atoms with Crippen LogP contribution in [-0.2, 0) is 11.8 Å². The number of carbonyl (C=O) groups is 1. The number of nitrogens with one attached hydrogen (secondary N) is 1. The molecule has 2 aromatic heterocycles. The molecular weight excluding hydrogens is 382 g/mol. The third-order valence-corrected chi connectivity index (χ3v) is 5.48. The van der Waals surface area contributed by atoms with Crippen LogP contribution in [0.1, 0.15) is 64.7 Å². The highest BCUT2D eigenvalue weighted by molar-refractivity contribution is 5.67. The van der Waals surface area contributed by atoms with E-state index in [1.165, 1.54) is 0 Å². The zero-order valence-corrected chi connectivity index (χ0v) is 19.2. The van der Waals surface area contributed by atoms with E-state index in [9.17, 15) is 4.79 Å². The Bertz CT molecular complexity index is 865. The fraction of sp³-hybridized carbons (Fsp3) is 0.714. The predicted octanol–water partition coefficient (Wildman–Crippen LogP) is 2.96. The molecule has 3 atom stereocenters. The van der Waals surface area contributed by atoms with Crippen molar-refractivity contribution in [2.24, 2.45) is 7.05 Å². The molecule has 1 saturated carbocycles. The van der Waals surface area contributed by atoms with Gasteiger partial charge in [-0.05, 0) is 61.1 Å². The molecule has 0 bridgehead atoms. The fourth-order valence-corrected chi connectivity index (χ4v) is 3.89. The monoisotopic (exact) mass is 417 g/mol. The molecule has 0 saturated heterocycles. The number of rotatable bonds is 6. The highest BCUT2D eigenvalue weighted by Crippen LogP contribution is 2.37. The van der Waals surface area contributed by atoms with E-state index in [1.807, 2.05) is 45.6 Å². The lowest BCUT2D eigenvalue weighted by molar-refractivity contribution is 0.0520. The molecular formula is C21H35N7O2. The Morgan fingerprint density at radius 2 is 2.10 bits per heavy atom. The molecule has 2 aromatic rings. The predicted molar refractivity (Wildman–Crippen MR) is 115 cm³/mol. The van der Waals surface area contributed by atoms with Gasteiger partial charge in [-0.1, -0.05) is 0 Å². The number of alkyl carbamates (subject to hydrolysis) is 1. The van der Waals surface area contributed by atoms with Crippen LogP contribution < -0.4 is 5.32 Å². The van der Waals surface area contributed by atoms with Gasteiger partial charge in [0.2, 0.25) is 0 Å². The first-order chi connectivity index (χ1) is 14.0. The lowest BCUT2D eigenvalue weighted by Gasteiger charge is -2.22. The molecule has 0 radical (unpaired) electrons. The smallest absolute Gasteiger partial charge is 0.407 e. The SMILES string of the molecule is CC(CNC(=O)OC(C)(C)C)n1nc(-c2cnn(C)c2)nc1[C@@H]1CC[C@H](N(C)C)C1. The lowest BCUT2D eigenvalue weighted by Crippen LogP contribution is -2.36. The lowest BCUT2D eigenvalue weighted by atomic mass is 10.1. The first-order valence-corrected chi connectivity index (χ1v) is 10.6. The van der Waals surface area contributed by atoms with Crippen LogP contribution in [-0.4, -0.2) is 67.8 Å². The first-order valence-electron chi connectivity index (χ1n) is 10.6. The average Bonchev–Trinajstić information content (AvgIpc) is 3.36. The first kappa shape index (κ1) is 22.3. The molecule has 166 valence electrons. The Morgan fingerprint density at radius 1 is 1.37 bits per heavy atom. The molecule has 1 aliphatic carbocycles. The quantitative estimate of drug-likeness (QED) is 0.777. The summed E-state index contributed by atoms with van der Waals surface area (Å²) < 4.78 is 9.09. The van der Waals surface area contributed by atoms with Gasteiger partial charge in [-0.2, -0.15) is 10.2 Å². The number of hydrogen-bond donors (Lipinski definition) is 1. The normalized spacial score (nSPS) is 20.5. The summed E-state index contributed by atoms with van der Waals surface area (Å²) in [6, 6.07) is 0.501. The van der Waals surface area contributed by atoms with Crippen LogP contribution in [0.25, 0.3) is 11.4 Å². The van der Waals surface area contributed by atoms with E-state index in [4.69, 9.17) is 14.8 Å². The van der Waals surface area contributed by atoms with Crippen molar-refractivity contribution in [2.75, 3.05) is 20.6 Å². The van der Waals surface area contributed by atoms with Crippen molar-refractivity contribution >= 4 is 6.09 Å². The Morgan fingerprint density at radius 3 is 2.67 bits per heavy atom. The highest BCUT2D eigenvalue weighted by atomic mass is 16.6.